The molecule has 8 heteroatoms. The molecular formula is C11H7BrN4O2S. The summed E-state index contributed by atoms with van der Waals surface area (Å²) in [4.78, 5) is 19.5. The van der Waals surface area contributed by atoms with Crippen molar-refractivity contribution in [2.45, 2.75) is 6.92 Å². The molecule has 0 bridgehead atoms. The number of H-pyrrole nitrogens is 1. The van der Waals surface area contributed by atoms with Gasteiger partial charge in [0.2, 0.25) is 0 Å². The number of rotatable bonds is 2. The van der Waals surface area contributed by atoms with Crippen LogP contribution in [0.2, 0.25) is 0 Å². The van der Waals surface area contributed by atoms with Crippen molar-refractivity contribution < 1.29 is 9.90 Å². The number of carboxylic acids is 1. The minimum atomic E-state index is -1.01. The molecule has 0 fully saturated rings. The summed E-state index contributed by atoms with van der Waals surface area (Å²) in [7, 11) is 0. The third-order valence-electron chi connectivity index (χ3n) is 2.65. The molecular weight excluding hydrogens is 332 g/mol. The maximum Gasteiger partial charge on any atom is 0.338 e. The minimum Gasteiger partial charge on any atom is -0.478 e. The second kappa shape index (κ2) is 4.39. The Morgan fingerprint density at radius 1 is 1.47 bits per heavy atom. The molecule has 0 aliphatic carbocycles. The van der Waals surface area contributed by atoms with Gasteiger partial charge in [0.1, 0.15) is 10.4 Å². The van der Waals surface area contributed by atoms with Gasteiger partial charge < -0.3 is 10.1 Å². The molecule has 19 heavy (non-hydrogen) atoms. The van der Waals surface area contributed by atoms with Gasteiger partial charge in [0.15, 0.2) is 5.82 Å². The van der Waals surface area contributed by atoms with Gasteiger partial charge in [-0.05, 0) is 30.6 Å². The highest BCUT2D eigenvalue weighted by atomic mass is 79.9. The number of aromatic amines is 1. The maximum absolute atomic E-state index is 11.2. The van der Waals surface area contributed by atoms with Crippen LogP contribution < -0.4 is 0 Å². The van der Waals surface area contributed by atoms with E-state index in [0.717, 1.165) is 10.6 Å². The monoisotopic (exact) mass is 338 g/mol. The van der Waals surface area contributed by atoms with Crippen LogP contribution in [0.4, 0.5) is 0 Å². The van der Waals surface area contributed by atoms with Gasteiger partial charge in [-0.25, -0.2) is 9.78 Å². The first kappa shape index (κ1) is 12.2. The molecule has 0 atom stereocenters. The molecule has 0 unspecified atom stereocenters. The zero-order valence-electron chi connectivity index (χ0n) is 9.64. The normalized spacial score (nSPS) is 11.1. The molecule has 0 saturated heterocycles. The summed E-state index contributed by atoms with van der Waals surface area (Å²) in [6.07, 6.45) is 0. The van der Waals surface area contributed by atoms with Crippen LogP contribution in [0, 0.1) is 6.92 Å². The fraction of sp³-hybridized carbons (Fsp3) is 0.0909. The molecule has 0 saturated carbocycles. The van der Waals surface area contributed by atoms with Crippen LogP contribution in [0.5, 0.6) is 0 Å². The van der Waals surface area contributed by atoms with Crippen molar-refractivity contribution in [3.05, 3.63) is 27.9 Å². The van der Waals surface area contributed by atoms with Crippen LogP contribution in [0.1, 0.15) is 16.1 Å². The highest BCUT2D eigenvalue weighted by Crippen LogP contribution is 2.28. The number of aromatic nitrogens is 4. The van der Waals surface area contributed by atoms with Gasteiger partial charge in [-0.1, -0.05) is 20.4 Å². The van der Waals surface area contributed by atoms with Crippen LogP contribution >= 0.6 is 27.5 Å². The number of halogens is 1. The lowest BCUT2D eigenvalue weighted by Gasteiger charge is -1.96. The number of hydrogen-bond acceptors (Lipinski definition) is 5. The largest absolute Gasteiger partial charge is 0.478 e. The lowest BCUT2D eigenvalue weighted by Crippen LogP contribution is -1.97. The van der Waals surface area contributed by atoms with Gasteiger partial charge in [0.05, 0.1) is 16.8 Å². The van der Waals surface area contributed by atoms with E-state index in [4.69, 9.17) is 0 Å². The first-order valence-electron chi connectivity index (χ1n) is 5.28. The smallest absolute Gasteiger partial charge is 0.338 e. The van der Waals surface area contributed by atoms with E-state index in [-0.39, 0.29) is 5.56 Å². The topological polar surface area (TPSA) is 91.8 Å². The number of aryl methyl sites for hydroxylation is 1. The Balaban J connectivity index is 2.29. The zero-order valence-corrected chi connectivity index (χ0v) is 12.0. The van der Waals surface area contributed by atoms with E-state index in [9.17, 15) is 9.90 Å². The summed E-state index contributed by atoms with van der Waals surface area (Å²) in [5.74, 6) is -0.424. The highest BCUT2D eigenvalue weighted by molar-refractivity contribution is 9.10. The third-order valence-corrected chi connectivity index (χ3v) is 3.94. The van der Waals surface area contributed by atoms with Gasteiger partial charge in [-0.15, -0.1) is 5.10 Å². The summed E-state index contributed by atoms with van der Waals surface area (Å²) in [5, 5.41) is 13.1. The quantitative estimate of drug-likeness (QED) is 0.749. The Bertz CT molecular complexity index is 795. The molecule has 0 spiro atoms. The van der Waals surface area contributed by atoms with Crippen LogP contribution in [0.3, 0.4) is 0 Å². The van der Waals surface area contributed by atoms with E-state index in [1.807, 2.05) is 6.92 Å². The van der Waals surface area contributed by atoms with Crippen LogP contribution in [-0.4, -0.2) is 30.6 Å². The Morgan fingerprint density at radius 3 is 2.89 bits per heavy atom. The van der Waals surface area contributed by atoms with Crippen molar-refractivity contribution >= 4 is 44.5 Å². The number of nitrogens with one attached hydrogen (secondary N) is 1. The van der Waals surface area contributed by atoms with E-state index in [1.54, 1.807) is 6.07 Å². The second-order valence-corrected chi connectivity index (χ2v) is 5.60. The molecule has 2 N–H and O–H groups in total. The lowest BCUT2D eigenvalue weighted by molar-refractivity contribution is 0.0699. The minimum absolute atomic E-state index is 0.155. The number of nitrogens with zero attached hydrogens (tertiary/aromatic N) is 3. The number of benzene rings is 1. The van der Waals surface area contributed by atoms with E-state index in [2.05, 4.69) is 35.5 Å². The first-order valence-corrected chi connectivity index (χ1v) is 6.85. The predicted molar refractivity (Wildman–Crippen MR) is 74.4 cm³/mol. The Labute approximate surface area is 119 Å². The molecule has 2 aromatic heterocycles. The third kappa shape index (κ3) is 2.02. The Hall–Kier alpha value is -1.80. The molecule has 0 amide bonds. The zero-order chi connectivity index (χ0) is 13.6. The molecule has 0 aliphatic heterocycles. The number of carboxylic acid groups (broad SMARTS) is 1. The molecule has 3 rings (SSSR count). The fourth-order valence-corrected chi connectivity index (χ4v) is 2.86. The number of imidazole rings is 1. The summed E-state index contributed by atoms with van der Waals surface area (Å²) in [6.45, 7) is 1.83. The van der Waals surface area contributed by atoms with Crippen molar-refractivity contribution in [2.75, 3.05) is 0 Å². The predicted octanol–water partition coefficient (Wildman–Crippen LogP) is 2.85. The van der Waals surface area contributed by atoms with Crippen molar-refractivity contribution in [1.82, 2.24) is 19.6 Å². The summed E-state index contributed by atoms with van der Waals surface area (Å²) in [5.41, 5.74) is 2.01. The number of aromatic carboxylic acids is 1. The Morgan fingerprint density at radius 2 is 2.26 bits per heavy atom. The highest BCUT2D eigenvalue weighted by Gasteiger charge is 2.17. The molecule has 3 aromatic rings. The fourth-order valence-electron chi connectivity index (χ4n) is 1.80. The van der Waals surface area contributed by atoms with Crippen molar-refractivity contribution in [2.24, 2.45) is 0 Å². The summed E-state index contributed by atoms with van der Waals surface area (Å²) in [6, 6.07) is 3.33. The van der Waals surface area contributed by atoms with Crippen LogP contribution in [0.25, 0.3) is 21.7 Å². The van der Waals surface area contributed by atoms with Gasteiger partial charge in [-0.3, -0.25) is 0 Å². The maximum atomic E-state index is 11.2. The van der Waals surface area contributed by atoms with Crippen LogP contribution in [-0.2, 0) is 0 Å². The lowest BCUT2D eigenvalue weighted by atomic mass is 10.2. The van der Waals surface area contributed by atoms with Crippen molar-refractivity contribution in [3.8, 4) is 10.7 Å². The summed E-state index contributed by atoms with van der Waals surface area (Å²) < 4.78 is 4.54. The standard InChI is InChI=1S/C11H7BrN4O2S/c1-4-9(19-16-15-4)10-13-7-3-5(12)2-6(11(17)18)8(7)14-10/h2-3H,1H3,(H,13,14)(H,17,18). The molecule has 6 nitrogen and oxygen atoms in total. The van der Waals surface area contributed by atoms with Gasteiger partial charge >= 0.3 is 5.97 Å². The molecule has 0 aliphatic rings. The van der Waals surface area contributed by atoms with E-state index < -0.39 is 5.97 Å². The van der Waals surface area contributed by atoms with Gasteiger partial charge in [0, 0.05) is 4.47 Å². The van der Waals surface area contributed by atoms with Gasteiger partial charge in [-0.2, -0.15) is 0 Å². The molecule has 96 valence electrons. The van der Waals surface area contributed by atoms with E-state index in [1.165, 1.54) is 17.6 Å². The van der Waals surface area contributed by atoms with Gasteiger partial charge in [0.25, 0.3) is 0 Å². The molecule has 2 heterocycles. The first-order chi connectivity index (χ1) is 9.06. The van der Waals surface area contributed by atoms with Crippen molar-refractivity contribution in [1.29, 1.82) is 0 Å². The molecule has 0 radical (unpaired) electrons. The average molecular weight is 339 g/mol. The SMILES string of the molecule is Cc1nnsc1-c1nc2c(C(=O)O)cc(Br)cc2[nH]1. The van der Waals surface area contributed by atoms with Crippen molar-refractivity contribution in [3.63, 3.8) is 0 Å². The van der Waals surface area contributed by atoms with E-state index in [0.29, 0.717) is 21.3 Å². The number of carbonyl (C=O) groups is 1. The molecule has 1 aromatic carbocycles. The van der Waals surface area contributed by atoms with Crippen LogP contribution in [0.15, 0.2) is 16.6 Å². The second-order valence-electron chi connectivity index (χ2n) is 3.93. The van der Waals surface area contributed by atoms with E-state index >= 15 is 0 Å². The summed E-state index contributed by atoms with van der Waals surface area (Å²) >= 11 is 4.51. The number of hydrogen-bond donors (Lipinski definition) is 2. The number of fused-ring (bicyclic) bond motifs is 1. The average Bonchev–Trinajstić information content (AvgIpc) is 2.93. The Kier molecular flexibility index (Phi) is 2.83.